The zero-order chi connectivity index (χ0) is 23.2. The molecule has 0 radical (unpaired) electrons. The van der Waals surface area contributed by atoms with Crippen LogP contribution in [-0.2, 0) is 0 Å². The maximum atomic E-state index is 13.6. The SMILES string of the molecule is O=C(NC(c1ccc(F)c(Br)c1)C(F)(F)F)c1nc2cc(C(=O)NC3CC3)c(Cl)cc2[nH]1. The van der Waals surface area contributed by atoms with Crippen molar-refractivity contribution in [3.8, 4) is 0 Å². The first-order chi connectivity index (χ1) is 15.0. The van der Waals surface area contributed by atoms with Gasteiger partial charge in [-0.2, -0.15) is 13.2 Å². The Balaban J connectivity index is 1.61. The van der Waals surface area contributed by atoms with Crippen molar-refractivity contribution in [1.29, 1.82) is 0 Å². The van der Waals surface area contributed by atoms with Crippen LogP contribution in [-0.4, -0.2) is 34.0 Å². The summed E-state index contributed by atoms with van der Waals surface area (Å²) in [7, 11) is 0. The third kappa shape index (κ3) is 4.73. The number of amides is 2. The first-order valence-electron chi connectivity index (χ1n) is 9.35. The van der Waals surface area contributed by atoms with Crippen LogP contribution in [0.4, 0.5) is 17.6 Å². The summed E-state index contributed by atoms with van der Waals surface area (Å²) in [6.45, 7) is 0. The van der Waals surface area contributed by atoms with Crippen LogP contribution >= 0.6 is 27.5 Å². The predicted octanol–water partition coefficient (Wildman–Crippen LogP) is 5.04. The highest BCUT2D eigenvalue weighted by Gasteiger charge is 2.42. The summed E-state index contributed by atoms with van der Waals surface area (Å²) in [5, 5.41) is 4.76. The van der Waals surface area contributed by atoms with Crippen molar-refractivity contribution >= 4 is 50.4 Å². The number of halogens is 6. The van der Waals surface area contributed by atoms with Gasteiger partial charge in [-0.1, -0.05) is 17.7 Å². The highest BCUT2D eigenvalue weighted by Crippen LogP contribution is 2.34. The van der Waals surface area contributed by atoms with E-state index in [-0.39, 0.29) is 37.7 Å². The Kier molecular flexibility index (Phi) is 5.89. The average molecular weight is 534 g/mol. The molecule has 1 saturated carbocycles. The number of nitrogens with zero attached hydrogens (tertiary/aromatic N) is 1. The molecule has 1 fully saturated rings. The van der Waals surface area contributed by atoms with Gasteiger partial charge in [0.05, 0.1) is 26.1 Å². The number of fused-ring (bicyclic) bond motifs is 1. The van der Waals surface area contributed by atoms with E-state index in [2.05, 4.69) is 31.2 Å². The Morgan fingerprint density at radius 1 is 1.19 bits per heavy atom. The fourth-order valence-corrected chi connectivity index (χ4v) is 3.69. The van der Waals surface area contributed by atoms with Crippen LogP contribution in [0.1, 0.15) is 45.4 Å². The number of aromatic nitrogens is 2. The normalized spacial score (nSPS) is 14.9. The number of imidazole rings is 1. The van der Waals surface area contributed by atoms with E-state index >= 15 is 0 Å². The van der Waals surface area contributed by atoms with Crippen molar-refractivity contribution in [3.05, 3.63) is 62.6 Å². The topological polar surface area (TPSA) is 86.9 Å². The minimum absolute atomic E-state index is 0.0978. The van der Waals surface area contributed by atoms with E-state index in [1.165, 1.54) is 12.1 Å². The molecule has 3 N–H and O–H groups in total. The van der Waals surface area contributed by atoms with Gasteiger partial charge in [0, 0.05) is 6.04 Å². The van der Waals surface area contributed by atoms with Gasteiger partial charge in [-0.3, -0.25) is 9.59 Å². The minimum atomic E-state index is -4.85. The van der Waals surface area contributed by atoms with Gasteiger partial charge in [-0.15, -0.1) is 0 Å². The van der Waals surface area contributed by atoms with Crippen LogP contribution in [0.5, 0.6) is 0 Å². The Hall–Kier alpha value is -2.66. The Labute approximate surface area is 191 Å². The number of benzene rings is 2. The highest BCUT2D eigenvalue weighted by atomic mass is 79.9. The van der Waals surface area contributed by atoms with Gasteiger partial charge in [0.25, 0.3) is 11.8 Å². The van der Waals surface area contributed by atoms with E-state index in [9.17, 15) is 27.2 Å². The van der Waals surface area contributed by atoms with Gasteiger partial charge in [0.1, 0.15) is 5.82 Å². The van der Waals surface area contributed by atoms with E-state index in [1.54, 1.807) is 0 Å². The third-order valence-electron chi connectivity index (χ3n) is 4.82. The van der Waals surface area contributed by atoms with Crippen LogP contribution in [0.3, 0.4) is 0 Å². The molecule has 2 amide bonds. The second-order valence-corrected chi connectivity index (χ2v) is 8.57. The summed E-state index contributed by atoms with van der Waals surface area (Å²) in [6, 6.07) is 3.17. The molecule has 3 aromatic rings. The number of carbonyl (C=O) groups excluding carboxylic acids is 2. The predicted molar refractivity (Wildman–Crippen MR) is 112 cm³/mol. The largest absolute Gasteiger partial charge is 0.412 e. The van der Waals surface area contributed by atoms with Crippen molar-refractivity contribution in [2.45, 2.75) is 31.1 Å². The van der Waals surface area contributed by atoms with Gasteiger partial charge >= 0.3 is 6.18 Å². The molecule has 1 heterocycles. The van der Waals surface area contributed by atoms with Gasteiger partial charge in [-0.25, -0.2) is 9.37 Å². The molecule has 0 spiro atoms. The molecule has 1 aliphatic rings. The number of hydrogen-bond donors (Lipinski definition) is 3. The molecule has 4 rings (SSSR count). The first-order valence-corrected chi connectivity index (χ1v) is 10.5. The van der Waals surface area contributed by atoms with Crippen molar-refractivity contribution in [1.82, 2.24) is 20.6 Å². The van der Waals surface area contributed by atoms with Crippen molar-refractivity contribution < 1.29 is 27.2 Å². The molecule has 1 unspecified atom stereocenters. The number of aromatic amines is 1. The number of carbonyl (C=O) groups is 2. The fourth-order valence-electron chi connectivity index (χ4n) is 3.05. The van der Waals surface area contributed by atoms with E-state index < -0.39 is 35.7 Å². The molecule has 2 aromatic carbocycles. The lowest BCUT2D eigenvalue weighted by atomic mass is 10.1. The molecule has 1 aliphatic carbocycles. The molecule has 1 atom stereocenters. The second-order valence-electron chi connectivity index (χ2n) is 7.30. The van der Waals surface area contributed by atoms with Gasteiger partial charge in [0.15, 0.2) is 11.9 Å². The summed E-state index contributed by atoms with van der Waals surface area (Å²) in [5.74, 6) is -2.67. The number of rotatable bonds is 5. The zero-order valence-electron chi connectivity index (χ0n) is 16.0. The standard InChI is InChI=1S/C20H14BrClF4N4O2/c21-11-5-8(1-4-13(11)23)16(20(24,25)26)30-19(32)17-28-14-6-10(12(22)7-15(14)29-17)18(31)27-9-2-3-9/h1,4-7,9,16H,2-3H2,(H,27,31)(H,28,29)(H,30,32). The molecule has 0 aliphatic heterocycles. The molecular weight excluding hydrogens is 520 g/mol. The third-order valence-corrected chi connectivity index (χ3v) is 5.74. The lowest BCUT2D eigenvalue weighted by Crippen LogP contribution is -2.38. The average Bonchev–Trinajstić information content (AvgIpc) is 3.42. The molecule has 6 nitrogen and oxygen atoms in total. The smallest absolute Gasteiger partial charge is 0.349 e. The Morgan fingerprint density at radius 2 is 1.91 bits per heavy atom. The maximum absolute atomic E-state index is 13.6. The molecule has 0 bridgehead atoms. The van der Waals surface area contributed by atoms with Crippen LogP contribution in [0, 0.1) is 5.82 Å². The zero-order valence-corrected chi connectivity index (χ0v) is 18.3. The molecule has 32 heavy (non-hydrogen) atoms. The van der Waals surface area contributed by atoms with Crippen LogP contribution in [0.2, 0.25) is 5.02 Å². The lowest BCUT2D eigenvalue weighted by molar-refractivity contribution is -0.155. The number of alkyl halides is 3. The molecular formula is C20H14BrClF4N4O2. The van der Waals surface area contributed by atoms with Gasteiger partial charge < -0.3 is 15.6 Å². The molecule has 0 saturated heterocycles. The van der Waals surface area contributed by atoms with Crippen LogP contribution < -0.4 is 10.6 Å². The highest BCUT2D eigenvalue weighted by molar-refractivity contribution is 9.10. The van der Waals surface area contributed by atoms with Gasteiger partial charge in [0.2, 0.25) is 0 Å². The number of nitrogens with one attached hydrogen (secondary N) is 3. The molecule has 1 aromatic heterocycles. The van der Waals surface area contributed by atoms with Crippen molar-refractivity contribution in [2.75, 3.05) is 0 Å². The summed E-state index contributed by atoms with van der Waals surface area (Å²) >= 11 is 8.99. The second kappa shape index (κ2) is 8.36. The maximum Gasteiger partial charge on any atom is 0.412 e. The summed E-state index contributed by atoms with van der Waals surface area (Å²) in [6.07, 6.45) is -3.09. The van der Waals surface area contributed by atoms with Crippen LogP contribution in [0.25, 0.3) is 11.0 Å². The lowest BCUT2D eigenvalue weighted by Gasteiger charge is -2.21. The van der Waals surface area contributed by atoms with E-state index in [1.807, 2.05) is 5.32 Å². The van der Waals surface area contributed by atoms with Gasteiger partial charge in [-0.05, 0) is 58.6 Å². The van der Waals surface area contributed by atoms with E-state index in [0.29, 0.717) is 0 Å². The van der Waals surface area contributed by atoms with E-state index in [4.69, 9.17) is 11.6 Å². The number of H-pyrrole nitrogens is 1. The first kappa shape index (κ1) is 22.5. The van der Waals surface area contributed by atoms with E-state index in [0.717, 1.165) is 31.0 Å². The molecule has 168 valence electrons. The Bertz CT molecular complexity index is 1230. The molecule has 12 heteroatoms. The monoisotopic (exact) mass is 532 g/mol. The van der Waals surface area contributed by atoms with Crippen molar-refractivity contribution in [3.63, 3.8) is 0 Å². The van der Waals surface area contributed by atoms with Crippen LogP contribution in [0.15, 0.2) is 34.8 Å². The quantitative estimate of drug-likeness (QED) is 0.402. The summed E-state index contributed by atoms with van der Waals surface area (Å²) < 4.78 is 54.1. The number of hydrogen-bond acceptors (Lipinski definition) is 3. The Morgan fingerprint density at radius 3 is 2.53 bits per heavy atom. The summed E-state index contributed by atoms with van der Waals surface area (Å²) in [4.78, 5) is 31.5. The van der Waals surface area contributed by atoms with Crippen molar-refractivity contribution in [2.24, 2.45) is 0 Å². The summed E-state index contributed by atoms with van der Waals surface area (Å²) in [5.41, 5.74) is 0.246. The fraction of sp³-hybridized carbons (Fsp3) is 0.250. The minimum Gasteiger partial charge on any atom is -0.349 e.